The normalized spacial score (nSPS) is 12.9. The molecule has 0 aliphatic rings. The summed E-state index contributed by atoms with van der Waals surface area (Å²) in [7, 11) is 0. The Kier molecular flexibility index (Phi) is 5.53. The molecule has 0 radical (unpaired) electrons. The molecular formula is C17H25NO3. The molecule has 1 N–H and O–H groups in total. The molecule has 0 spiro atoms. The zero-order valence-electron chi connectivity index (χ0n) is 13.7. The minimum absolute atomic E-state index is 0.0303. The van der Waals surface area contributed by atoms with Crippen LogP contribution in [0.5, 0.6) is 0 Å². The lowest BCUT2D eigenvalue weighted by Crippen LogP contribution is -2.36. The summed E-state index contributed by atoms with van der Waals surface area (Å²) < 4.78 is 5.30. The van der Waals surface area contributed by atoms with Crippen molar-refractivity contribution >= 4 is 11.9 Å². The van der Waals surface area contributed by atoms with Crippen molar-refractivity contribution in [1.29, 1.82) is 0 Å². The minimum Gasteiger partial charge on any atom is -0.444 e. The Morgan fingerprint density at radius 2 is 1.62 bits per heavy atom. The molecule has 1 amide bonds. The second kappa shape index (κ2) is 6.74. The highest BCUT2D eigenvalue weighted by Gasteiger charge is 2.22. The fourth-order valence-corrected chi connectivity index (χ4v) is 1.99. The van der Waals surface area contributed by atoms with Crippen molar-refractivity contribution in [2.24, 2.45) is 5.92 Å². The number of alkyl carbamates (subject to hydrolysis) is 1. The third-order valence-electron chi connectivity index (χ3n) is 3.02. The van der Waals surface area contributed by atoms with E-state index >= 15 is 0 Å². The van der Waals surface area contributed by atoms with Crippen LogP contribution in [-0.4, -0.2) is 17.5 Å². The second-order valence-corrected chi connectivity index (χ2v) is 6.55. The number of Topliss-reactive ketones (excluding diaryl/α,β-unsaturated/α-hetero) is 1. The molecule has 0 saturated heterocycles. The van der Waals surface area contributed by atoms with E-state index in [2.05, 4.69) is 5.32 Å². The highest BCUT2D eigenvalue weighted by molar-refractivity contribution is 5.94. The van der Waals surface area contributed by atoms with Crippen molar-refractivity contribution in [3.8, 4) is 0 Å². The predicted octanol–water partition coefficient (Wildman–Crippen LogP) is 4.11. The summed E-state index contributed by atoms with van der Waals surface area (Å²) in [6.45, 7) is 11.1. The van der Waals surface area contributed by atoms with Gasteiger partial charge in [-0.15, -0.1) is 0 Å². The highest BCUT2D eigenvalue weighted by Crippen LogP contribution is 2.23. The van der Waals surface area contributed by atoms with E-state index in [0.29, 0.717) is 5.56 Å². The molecule has 0 heterocycles. The first-order chi connectivity index (χ1) is 9.60. The molecule has 0 bridgehead atoms. The average molecular weight is 291 g/mol. The summed E-state index contributed by atoms with van der Waals surface area (Å²) in [6.07, 6.45) is -0.433. The molecule has 4 nitrogen and oxygen atoms in total. The Labute approximate surface area is 126 Å². The first-order valence-corrected chi connectivity index (χ1v) is 7.20. The monoisotopic (exact) mass is 291 g/mol. The Bertz CT molecular complexity index is 498. The number of hydrogen-bond acceptors (Lipinski definition) is 3. The molecule has 21 heavy (non-hydrogen) atoms. The molecule has 1 atom stereocenters. The lowest BCUT2D eigenvalue weighted by Gasteiger charge is -2.26. The smallest absolute Gasteiger partial charge is 0.408 e. The first kappa shape index (κ1) is 17.2. The van der Waals surface area contributed by atoms with Gasteiger partial charge in [-0.3, -0.25) is 4.79 Å². The van der Waals surface area contributed by atoms with Crippen molar-refractivity contribution in [2.45, 2.75) is 53.2 Å². The fourth-order valence-electron chi connectivity index (χ4n) is 1.99. The number of amides is 1. The van der Waals surface area contributed by atoms with Gasteiger partial charge in [-0.2, -0.15) is 0 Å². The van der Waals surface area contributed by atoms with E-state index < -0.39 is 11.7 Å². The van der Waals surface area contributed by atoms with E-state index in [1.807, 2.05) is 46.8 Å². The Balaban J connectivity index is 2.87. The van der Waals surface area contributed by atoms with Gasteiger partial charge in [0.15, 0.2) is 5.78 Å². The second-order valence-electron chi connectivity index (χ2n) is 6.55. The molecule has 1 rings (SSSR count). The van der Waals surface area contributed by atoms with E-state index in [-0.39, 0.29) is 17.7 Å². The summed E-state index contributed by atoms with van der Waals surface area (Å²) in [6, 6.07) is 7.16. The maximum atomic E-state index is 11.9. The van der Waals surface area contributed by atoms with Crippen molar-refractivity contribution in [2.75, 3.05) is 0 Å². The number of carbonyl (C=O) groups is 2. The third-order valence-corrected chi connectivity index (χ3v) is 3.02. The lowest BCUT2D eigenvalue weighted by atomic mass is 9.95. The lowest BCUT2D eigenvalue weighted by molar-refractivity contribution is 0.0489. The molecule has 1 aromatic carbocycles. The van der Waals surface area contributed by atoms with Gasteiger partial charge in [0.05, 0.1) is 6.04 Å². The van der Waals surface area contributed by atoms with Gasteiger partial charge in [-0.25, -0.2) is 4.79 Å². The Morgan fingerprint density at radius 1 is 1.10 bits per heavy atom. The largest absolute Gasteiger partial charge is 0.444 e. The Hall–Kier alpha value is -1.84. The number of ether oxygens (including phenoxy) is 1. The summed E-state index contributed by atoms with van der Waals surface area (Å²) in [4.78, 5) is 23.2. The molecule has 0 saturated carbocycles. The van der Waals surface area contributed by atoms with E-state index in [0.717, 1.165) is 5.56 Å². The van der Waals surface area contributed by atoms with Crippen LogP contribution in [0.25, 0.3) is 0 Å². The van der Waals surface area contributed by atoms with Crippen LogP contribution in [0.4, 0.5) is 4.79 Å². The number of nitrogens with one attached hydrogen (secondary N) is 1. The van der Waals surface area contributed by atoms with Crippen LogP contribution in [0.3, 0.4) is 0 Å². The van der Waals surface area contributed by atoms with Crippen molar-refractivity contribution < 1.29 is 14.3 Å². The van der Waals surface area contributed by atoms with E-state index in [4.69, 9.17) is 4.74 Å². The van der Waals surface area contributed by atoms with Gasteiger partial charge in [0.25, 0.3) is 0 Å². The zero-order chi connectivity index (χ0) is 16.2. The van der Waals surface area contributed by atoms with Gasteiger partial charge >= 0.3 is 6.09 Å². The number of hydrogen-bond donors (Lipinski definition) is 1. The van der Waals surface area contributed by atoms with Gasteiger partial charge in [0.1, 0.15) is 5.60 Å². The number of benzene rings is 1. The molecule has 116 valence electrons. The maximum Gasteiger partial charge on any atom is 0.408 e. The molecule has 0 fully saturated rings. The summed E-state index contributed by atoms with van der Waals surface area (Å²) in [5, 5.41) is 2.89. The zero-order valence-corrected chi connectivity index (χ0v) is 13.7. The first-order valence-electron chi connectivity index (χ1n) is 7.20. The predicted molar refractivity (Wildman–Crippen MR) is 83.4 cm³/mol. The molecule has 0 aliphatic heterocycles. The standard InChI is InChI=1S/C17H25NO3/c1-11(2)15(18-16(20)21-17(4,5)6)14-9-7-13(8-10-14)12(3)19/h7-11,15H,1-6H3,(H,18,20). The SMILES string of the molecule is CC(=O)c1ccc(C(NC(=O)OC(C)(C)C)C(C)C)cc1. The number of rotatable bonds is 4. The van der Waals surface area contributed by atoms with Crippen molar-refractivity contribution in [3.63, 3.8) is 0 Å². The van der Waals surface area contributed by atoms with Crippen LogP contribution < -0.4 is 5.32 Å². The summed E-state index contributed by atoms with van der Waals surface area (Å²) in [5.74, 6) is 0.239. The topological polar surface area (TPSA) is 55.4 Å². The van der Waals surface area contributed by atoms with Gasteiger partial charge < -0.3 is 10.1 Å². The fraction of sp³-hybridized carbons (Fsp3) is 0.529. The van der Waals surface area contributed by atoms with E-state index in [9.17, 15) is 9.59 Å². The number of carbonyl (C=O) groups excluding carboxylic acids is 2. The van der Waals surface area contributed by atoms with Gasteiger partial charge in [-0.05, 0) is 39.2 Å². The van der Waals surface area contributed by atoms with E-state index in [1.165, 1.54) is 6.92 Å². The van der Waals surface area contributed by atoms with Crippen molar-refractivity contribution in [1.82, 2.24) is 5.32 Å². The van der Waals surface area contributed by atoms with Crippen LogP contribution in [0.2, 0.25) is 0 Å². The minimum atomic E-state index is -0.524. The van der Waals surface area contributed by atoms with Crippen LogP contribution in [-0.2, 0) is 4.74 Å². The molecule has 1 unspecified atom stereocenters. The quantitative estimate of drug-likeness (QED) is 0.849. The van der Waals surface area contributed by atoms with Gasteiger partial charge in [0, 0.05) is 5.56 Å². The van der Waals surface area contributed by atoms with E-state index in [1.54, 1.807) is 12.1 Å². The summed E-state index contributed by atoms with van der Waals surface area (Å²) in [5.41, 5.74) is 1.10. The van der Waals surface area contributed by atoms with Crippen molar-refractivity contribution in [3.05, 3.63) is 35.4 Å². The molecular weight excluding hydrogens is 266 g/mol. The molecule has 1 aromatic rings. The van der Waals surface area contributed by atoms with Crippen LogP contribution in [0.15, 0.2) is 24.3 Å². The number of ketones is 1. The third kappa shape index (κ3) is 5.58. The Morgan fingerprint density at radius 3 is 2.00 bits per heavy atom. The van der Waals surface area contributed by atoms with Crippen LogP contribution in [0, 0.1) is 5.92 Å². The van der Waals surface area contributed by atoms with Gasteiger partial charge in [0.2, 0.25) is 0 Å². The molecule has 0 aromatic heterocycles. The van der Waals surface area contributed by atoms with Crippen LogP contribution in [0.1, 0.15) is 63.5 Å². The van der Waals surface area contributed by atoms with Crippen LogP contribution >= 0.6 is 0 Å². The average Bonchev–Trinajstić information content (AvgIpc) is 2.33. The summed E-state index contributed by atoms with van der Waals surface area (Å²) >= 11 is 0. The van der Waals surface area contributed by atoms with Gasteiger partial charge in [-0.1, -0.05) is 38.1 Å². The maximum absolute atomic E-state index is 11.9. The molecule has 0 aliphatic carbocycles. The highest BCUT2D eigenvalue weighted by atomic mass is 16.6. The molecule has 4 heteroatoms.